The van der Waals surface area contributed by atoms with Crippen molar-refractivity contribution in [3.05, 3.63) is 9.75 Å². The molecule has 0 aromatic carbocycles. The monoisotopic (exact) mass is 564 g/mol. The molecule has 0 amide bonds. The maximum atomic E-state index is 12.7. The van der Waals surface area contributed by atoms with Crippen molar-refractivity contribution >= 4 is 60.3 Å². The standard InChI is InChI=1S/C18H30O10P2S3/c1-7-21-17(19)15-13(27-29(31,23-9-3)24-10-4)14(16(33-15)18(20)22-8-2)28-30(32,25-11-5)26-12-6/h7-12H2,1-6H3. The number of hydrogen-bond donors (Lipinski definition) is 0. The highest BCUT2D eigenvalue weighted by molar-refractivity contribution is 8.08. The van der Waals surface area contributed by atoms with Gasteiger partial charge in [0.2, 0.25) is 0 Å². The van der Waals surface area contributed by atoms with Crippen molar-refractivity contribution in [3.8, 4) is 11.5 Å². The van der Waals surface area contributed by atoms with Crippen molar-refractivity contribution in [1.29, 1.82) is 0 Å². The Bertz CT molecular complexity index is 801. The first-order valence-electron chi connectivity index (χ1n) is 10.3. The molecule has 0 unspecified atom stereocenters. The number of carbonyl (C=O) groups excluding carboxylic acids is 2. The molecule has 0 saturated heterocycles. The van der Waals surface area contributed by atoms with Gasteiger partial charge in [-0.2, -0.15) is 0 Å². The maximum absolute atomic E-state index is 12.7. The Kier molecular flexibility index (Phi) is 13.6. The largest absolute Gasteiger partial charge is 0.462 e. The van der Waals surface area contributed by atoms with Gasteiger partial charge in [-0.05, 0) is 41.5 Å². The van der Waals surface area contributed by atoms with E-state index in [-0.39, 0.29) is 60.9 Å². The van der Waals surface area contributed by atoms with Gasteiger partial charge in [-0.1, -0.05) is 0 Å². The van der Waals surface area contributed by atoms with Crippen LogP contribution in [0.4, 0.5) is 0 Å². The molecule has 0 aliphatic heterocycles. The average molecular weight is 565 g/mol. The molecule has 0 radical (unpaired) electrons. The molecule has 0 aliphatic rings. The zero-order valence-electron chi connectivity index (χ0n) is 19.4. The molecule has 1 heterocycles. The minimum Gasteiger partial charge on any atom is -0.462 e. The molecular formula is C18H30O10P2S3. The highest BCUT2D eigenvalue weighted by Crippen LogP contribution is 2.60. The van der Waals surface area contributed by atoms with E-state index >= 15 is 0 Å². The summed E-state index contributed by atoms with van der Waals surface area (Å²) in [7, 11) is 0. The van der Waals surface area contributed by atoms with Crippen LogP contribution in [0.25, 0.3) is 0 Å². The van der Waals surface area contributed by atoms with E-state index < -0.39 is 25.4 Å². The number of esters is 2. The van der Waals surface area contributed by atoms with Crippen LogP contribution in [0.15, 0.2) is 0 Å². The number of hydrogen-bond acceptors (Lipinski definition) is 13. The molecule has 1 aromatic rings. The van der Waals surface area contributed by atoms with Crippen LogP contribution < -0.4 is 9.05 Å². The summed E-state index contributed by atoms with van der Waals surface area (Å²) in [5.41, 5.74) is 0. The molecule has 0 saturated carbocycles. The number of rotatable bonds is 16. The van der Waals surface area contributed by atoms with E-state index in [0.717, 1.165) is 11.3 Å². The Morgan fingerprint density at radius 2 is 0.939 bits per heavy atom. The van der Waals surface area contributed by atoms with E-state index in [9.17, 15) is 9.59 Å². The second-order valence-electron chi connectivity index (χ2n) is 5.61. The highest BCUT2D eigenvalue weighted by atomic mass is 32.5. The Morgan fingerprint density at radius 3 is 1.18 bits per heavy atom. The van der Waals surface area contributed by atoms with E-state index in [2.05, 4.69) is 0 Å². The molecule has 10 nitrogen and oxygen atoms in total. The quantitative estimate of drug-likeness (QED) is 0.188. The minimum atomic E-state index is -3.39. The van der Waals surface area contributed by atoms with Crippen LogP contribution in [0.1, 0.15) is 60.9 Å². The molecule has 0 bridgehead atoms. The van der Waals surface area contributed by atoms with Gasteiger partial charge in [0.1, 0.15) is 0 Å². The van der Waals surface area contributed by atoms with Gasteiger partial charge >= 0.3 is 25.4 Å². The summed E-state index contributed by atoms with van der Waals surface area (Å²) >= 11 is 11.7. The Hall–Kier alpha value is -0.620. The van der Waals surface area contributed by atoms with Crippen LogP contribution in [0.5, 0.6) is 11.5 Å². The first-order valence-corrected chi connectivity index (χ1v) is 16.2. The van der Waals surface area contributed by atoms with Gasteiger partial charge in [-0.25, -0.2) is 9.59 Å². The third kappa shape index (κ3) is 8.83. The van der Waals surface area contributed by atoms with Crippen LogP contribution in [0, 0.1) is 0 Å². The molecule has 0 spiro atoms. The van der Waals surface area contributed by atoms with Gasteiger partial charge in [-0.15, -0.1) is 11.3 Å². The summed E-state index contributed by atoms with van der Waals surface area (Å²) in [6, 6.07) is 0. The molecule has 1 aromatic heterocycles. The molecule has 1 rings (SSSR count). The van der Waals surface area contributed by atoms with E-state index in [1.165, 1.54) is 0 Å². The maximum Gasteiger partial charge on any atom is 0.380 e. The second-order valence-corrected chi connectivity index (χ2v) is 12.5. The topological polar surface area (TPSA) is 108 Å². The van der Waals surface area contributed by atoms with Crippen LogP contribution in [0.3, 0.4) is 0 Å². The van der Waals surface area contributed by atoms with E-state index in [0.29, 0.717) is 0 Å². The molecule has 190 valence electrons. The first-order chi connectivity index (χ1) is 15.6. The Labute approximate surface area is 208 Å². The lowest BCUT2D eigenvalue weighted by Gasteiger charge is -2.24. The van der Waals surface area contributed by atoms with E-state index in [4.69, 9.17) is 60.2 Å². The van der Waals surface area contributed by atoms with Gasteiger partial charge in [0.25, 0.3) is 0 Å². The summed E-state index contributed by atoms with van der Waals surface area (Å²) in [5.74, 6) is -1.90. The zero-order valence-corrected chi connectivity index (χ0v) is 23.7. The van der Waals surface area contributed by atoms with E-state index in [1.807, 2.05) is 0 Å². The number of ether oxygens (including phenoxy) is 2. The third-order valence-electron chi connectivity index (χ3n) is 3.30. The van der Waals surface area contributed by atoms with Crippen LogP contribution in [0.2, 0.25) is 0 Å². The lowest BCUT2D eigenvalue weighted by Crippen LogP contribution is -2.09. The van der Waals surface area contributed by atoms with Gasteiger partial charge in [0.15, 0.2) is 21.3 Å². The summed E-state index contributed by atoms with van der Waals surface area (Å²) in [5, 5.41) is 0. The van der Waals surface area contributed by atoms with Crippen LogP contribution in [-0.2, 0) is 51.2 Å². The van der Waals surface area contributed by atoms with Crippen molar-refractivity contribution in [2.45, 2.75) is 41.5 Å². The van der Waals surface area contributed by atoms with E-state index in [1.54, 1.807) is 41.5 Å². The highest BCUT2D eigenvalue weighted by Gasteiger charge is 2.38. The fourth-order valence-electron chi connectivity index (χ4n) is 2.26. The molecular weight excluding hydrogens is 534 g/mol. The van der Waals surface area contributed by atoms with Crippen molar-refractivity contribution in [2.24, 2.45) is 0 Å². The summed E-state index contributed by atoms with van der Waals surface area (Å²) in [6.07, 6.45) is 0. The van der Waals surface area contributed by atoms with Gasteiger partial charge in [0.05, 0.1) is 39.6 Å². The summed E-state index contributed by atoms with van der Waals surface area (Å²) in [6.45, 7) is 4.30. The van der Waals surface area contributed by atoms with Gasteiger partial charge in [-0.3, -0.25) is 18.1 Å². The summed E-state index contributed by atoms with van der Waals surface area (Å²) in [4.78, 5) is 25.3. The molecule has 15 heteroatoms. The third-order valence-corrected chi connectivity index (χ3v) is 9.23. The minimum absolute atomic E-state index is 0.0851. The van der Waals surface area contributed by atoms with Crippen LogP contribution in [-0.4, -0.2) is 51.6 Å². The molecule has 0 fully saturated rings. The van der Waals surface area contributed by atoms with Gasteiger partial charge < -0.3 is 18.5 Å². The summed E-state index contributed by atoms with van der Waals surface area (Å²) < 4.78 is 44.4. The molecule has 0 N–H and O–H groups in total. The predicted octanol–water partition coefficient (Wildman–Crippen LogP) is 5.45. The Morgan fingerprint density at radius 1 is 0.636 bits per heavy atom. The van der Waals surface area contributed by atoms with Crippen molar-refractivity contribution in [2.75, 3.05) is 39.6 Å². The SMILES string of the molecule is CCOC(=O)c1sc(C(=O)OCC)c(OP(=S)(OCC)OCC)c1OP(=S)(OCC)OCC. The van der Waals surface area contributed by atoms with Crippen LogP contribution >= 0.6 is 24.8 Å². The van der Waals surface area contributed by atoms with Gasteiger partial charge in [0, 0.05) is 23.6 Å². The predicted molar refractivity (Wildman–Crippen MR) is 133 cm³/mol. The normalized spacial score (nSPS) is 11.8. The number of thiophene rings is 1. The second kappa shape index (κ2) is 14.7. The molecule has 33 heavy (non-hydrogen) atoms. The first kappa shape index (κ1) is 30.4. The lowest BCUT2D eigenvalue weighted by atomic mass is 10.3. The molecule has 0 atom stereocenters. The fraction of sp³-hybridized carbons (Fsp3) is 0.667. The molecule has 0 aliphatic carbocycles. The zero-order chi connectivity index (χ0) is 25.1. The van der Waals surface area contributed by atoms with Crippen molar-refractivity contribution in [3.63, 3.8) is 0 Å². The lowest BCUT2D eigenvalue weighted by molar-refractivity contribution is 0.0520. The number of carbonyl (C=O) groups is 2. The smallest absolute Gasteiger partial charge is 0.380 e. The fourth-order valence-corrected chi connectivity index (χ4v) is 7.46. The average Bonchev–Trinajstić information content (AvgIpc) is 3.06. The Balaban J connectivity index is 3.79. The van der Waals surface area contributed by atoms with Crippen molar-refractivity contribution < 1.29 is 46.2 Å². The van der Waals surface area contributed by atoms with Crippen molar-refractivity contribution in [1.82, 2.24) is 0 Å².